The van der Waals surface area contributed by atoms with E-state index in [2.05, 4.69) is 6.07 Å². The third-order valence-corrected chi connectivity index (χ3v) is 6.41. The van der Waals surface area contributed by atoms with Gasteiger partial charge in [-0.3, -0.25) is 4.99 Å². The highest BCUT2D eigenvalue weighted by Gasteiger charge is 2.60. The maximum atomic E-state index is 13.2. The summed E-state index contributed by atoms with van der Waals surface area (Å²) < 4.78 is 24.4. The van der Waals surface area contributed by atoms with Gasteiger partial charge in [-0.2, -0.15) is 0 Å². The first-order valence-corrected chi connectivity index (χ1v) is 9.74. The topological polar surface area (TPSA) is 69.2 Å². The Kier molecular flexibility index (Phi) is 4.49. The van der Waals surface area contributed by atoms with Gasteiger partial charge in [0.1, 0.15) is 24.4 Å². The third-order valence-electron chi connectivity index (χ3n) is 6.41. The molecule has 6 heteroatoms. The average Bonchev–Trinajstić information content (AvgIpc) is 3.09. The molecule has 146 valence electrons. The normalized spacial score (nSPS) is 33.1. The largest absolute Gasteiger partial charge is 0.491 e. The van der Waals surface area contributed by atoms with Crippen molar-refractivity contribution < 1.29 is 13.9 Å². The van der Waals surface area contributed by atoms with E-state index in [0.717, 1.165) is 43.4 Å². The molecule has 1 aromatic rings. The molecule has 2 unspecified atom stereocenters. The fourth-order valence-corrected chi connectivity index (χ4v) is 4.95. The monoisotopic (exact) mass is 373 g/mol. The number of hydrogen-bond acceptors (Lipinski definition) is 5. The van der Waals surface area contributed by atoms with Crippen LogP contribution in [0, 0.1) is 5.41 Å². The lowest BCUT2D eigenvalue weighted by Gasteiger charge is -2.44. The summed E-state index contributed by atoms with van der Waals surface area (Å²) in [4.78, 5) is 9.95. The van der Waals surface area contributed by atoms with E-state index >= 15 is 0 Å². The molecule has 0 bridgehead atoms. The summed E-state index contributed by atoms with van der Waals surface area (Å²) in [5.74, 6) is 1.17. The predicted molar refractivity (Wildman–Crippen MR) is 104 cm³/mol. The molecule has 27 heavy (non-hydrogen) atoms. The number of rotatable bonds is 4. The maximum Gasteiger partial charge on any atom is 0.184 e. The second-order valence-corrected chi connectivity index (χ2v) is 8.17. The average molecular weight is 373 g/mol. The second-order valence-electron chi connectivity index (χ2n) is 8.17. The van der Waals surface area contributed by atoms with Crippen molar-refractivity contribution in [2.45, 2.75) is 63.9 Å². The zero-order valence-electron chi connectivity index (χ0n) is 16.3. The fraction of sp³-hybridized carbons (Fsp3) is 0.619. The number of hydrogen-bond donors (Lipinski definition) is 1. The van der Waals surface area contributed by atoms with Gasteiger partial charge in [-0.1, -0.05) is 6.07 Å². The first-order chi connectivity index (χ1) is 12.9. The van der Waals surface area contributed by atoms with E-state index in [4.69, 9.17) is 25.2 Å². The van der Waals surface area contributed by atoms with Gasteiger partial charge in [-0.15, -0.1) is 0 Å². The van der Waals surface area contributed by atoms with Crippen LogP contribution in [-0.2, 0) is 16.8 Å². The molecule has 1 aliphatic heterocycles. The van der Waals surface area contributed by atoms with Crippen LogP contribution in [-0.4, -0.2) is 37.5 Å². The van der Waals surface area contributed by atoms with Crippen LogP contribution >= 0.6 is 0 Å². The Balaban J connectivity index is 1.76. The van der Waals surface area contributed by atoms with E-state index in [1.807, 2.05) is 19.1 Å². The van der Waals surface area contributed by atoms with E-state index < -0.39 is 11.8 Å². The van der Waals surface area contributed by atoms with Gasteiger partial charge in [-0.05, 0) is 63.6 Å². The molecule has 1 saturated carbocycles. The highest BCUT2D eigenvalue weighted by molar-refractivity contribution is 6.41. The lowest BCUT2D eigenvalue weighted by molar-refractivity contribution is -0.000404. The number of fused-ring (bicyclic) bond motifs is 3. The maximum absolute atomic E-state index is 13.2. The molecule has 2 atom stereocenters. The Hall–Kier alpha value is -1.95. The lowest BCUT2D eigenvalue weighted by atomic mass is 9.65. The van der Waals surface area contributed by atoms with Crippen molar-refractivity contribution >= 4 is 11.5 Å². The molecule has 1 aromatic carbocycles. The summed E-state index contributed by atoms with van der Waals surface area (Å²) in [5, 5.41) is 0. The zero-order valence-corrected chi connectivity index (χ0v) is 16.3. The summed E-state index contributed by atoms with van der Waals surface area (Å²) in [7, 11) is 1.78. The molecule has 0 aromatic heterocycles. The SMILES string of the molecule is COC1CCC2(CC1)Cc1ccc(OCC(C)F)cc1C21N=C(C)C(N)=N1. The van der Waals surface area contributed by atoms with E-state index in [1.54, 1.807) is 7.11 Å². The van der Waals surface area contributed by atoms with Crippen LogP contribution in [0.15, 0.2) is 28.2 Å². The van der Waals surface area contributed by atoms with Crippen molar-refractivity contribution in [2.24, 2.45) is 21.1 Å². The van der Waals surface area contributed by atoms with Crippen molar-refractivity contribution in [2.75, 3.05) is 13.7 Å². The number of aliphatic imine (C=N–C) groups is 2. The van der Waals surface area contributed by atoms with Crippen LogP contribution in [0.5, 0.6) is 5.75 Å². The first kappa shape index (κ1) is 18.4. The van der Waals surface area contributed by atoms with Crippen LogP contribution in [0.1, 0.15) is 50.7 Å². The predicted octanol–water partition coefficient (Wildman–Crippen LogP) is 3.54. The number of nitrogens with two attached hydrogens (primary N) is 1. The van der Waals surface area contributed by atoms with Crippen molar-refractivity contribution in [3.05, 3.63) is 29.3 Å². The molecule has 0 amide bonds. The number of ether oxygens (including phenoxy) is 2. The second kappa shape index (κ2) is 6.59. The van der Waals surface area contributed by atoms with Gasteiger partial charge in [0.05, 0.1) is 11.8 Å². The number of alkyl halides is 1. The van der Waals surface area contributed by atoms with Crippen LogP contribution in [0.3, 0.4) is 0 Å². The molecule has 0 saturated heterocycles. The fourth-order valence-electron chi connectivity index (χ4n) is 4.95. The molecule has 1 fully saturated rings. The zero-order chi connectivity index (χ0) is 19.2. The van der Waals surface area contributed by atoms with E-state index in [0.29, 0.717) is 17.7 Å². The van der Waals surface area contributed by atoms with Crippen molar-refractivity contribution in [3.8, 4) is 5.75 Å². The molecule has 4 rings (SSSR count). The molecule has 0 radical (unpaired) electrons. The molecule has 2 spiro atoms. The summed E-state index contributed by atoms with van der Waals surface area (Å²) in [6, 6.07) is 6.00. The highest BCUT2D eigenvalue weighted by atomic mass is 19.1. The van der Waals surface area contributed by atoms with Crippen LogP contribution in [0.25, 0.3) is 0 Å². The van der Waals surface area contributed by atoms with Crippen molar-refractivity contribution in [3.63, 3.8) is 0 Å². The van der Waals surface area contributed by atoms with E-state index in [1.165, 1.54) is 12.5 Å². The summed E-state index contributed by atoms with van der Waals surface area (Å²) in [5.41, 5.74) is 8.50. The minimum absolute atomic E-state index is 0.0418. The Morgan fingerprint density at radius 3 is 2.63 bits per heavy atom. The van der Waals surface area contributed by atoms with Gasteiger partial charge in [0, 0.05) is 18.1 Å². The Morgan fingerprint density at radius 1 is 1.30 bits per heavy atom. The van der Waals surface area contributed by atoms with Crippen molar-refractivity contribution in [1.82, 2.24) is 0 Å². The van der Waals surface area contributed by atoms with E-state index in [9.17, 15) is 4.39 Å². The Bertz CT molecular complexity index is 777. The van der Waals surface area contributed by atoms with Crippen molar-refractivity contribution in [1.29, 1.82) is 0 Å². The smallest absolute Gasteiger partial charge is 0.184 e. The van der Waals surface area contributed by atoms with Gasteiger partial charge >= 0.3 is 0 Å². The molecule has 2 N–H and O–H groups in total. The van der Waals surface area contributed by atoms with Gasteiger partial charge in [0.2, 0.25) is 0 Å². The van der Waals surface area contributed by atoms with Crippen LogP contribution in [0.2, 0.25) is 0 Å². The number of halogens is 1. The van der Waals surface area contributed by atoms with Gasteiger partial charge in [0.15, 0.2) is 5.66 Å². The Labute approximate surface area is 159 Å². The summed E-state index contributed by atoms with van der Waals surface area (Å²) >= 11 is 0. The molecule has 3 aliphatic rings. The van der Waals surface area contributed by atoms with Gasteiger partial charge in [0.25, 0.3) is 0 Å². The summed E-state index contributed by atoms with van der Waals surface area (Å²) in [6.07, 6.45) is 4.19. The number of nitrogens with zero attached hydrogens (tertiary/aromatic N) is 2. The highest BCUT2D eigenvalue weighted by Crippen LogP contribution is 2.62. The molecule has 5 nitrogen and oxygen atoms in total. The first-order valence-electron chi connectivity index (χ1n) is 9.74. The minimum atomic E-state index is -1.01. The number of methoxy groups -OCH3 is 1. The van der Waals surface area contributed by atoms with Gasteiger partial charge < -0.3 is 15.2 Å². The van der Waals surface area contributed by atoms with Crippen LogP contribution < -0.4 is 10.5 Å². The lowest BCUT2D eigenvalue weighted by Crippen LogP contribution is -2.43. The molecular weight excluding hydrogens is 345 g/mol. The number of amidine groups is 1. The minimum Gasteiger partial charge on any atom is -0.491 e. The Morgan fingerprint density at radius 2 is 2.04 bits per heavy atom. The number of benzene rings is 1. The van der Waals surface area contributed by atoms with E-state index in [-0.39, 0.29) is 12.0 Å². The summed E-state index contributed by atoms with van der Waals surface area (Å²) in [6.45, 7) is 3.46. The molecular formula is C21H28FN3O2. The van der Waals surface area contributed by atoms with Crippen LogP contribution in [0.4, 0.5) is 4.39 Å². The molecule has 2 aliphatic carbocycles. The molecule has 1 heterocycles. The standard InChI is InChI=1S/C21H28FN3O2/c1-13(22)12-27-17-5-4-15-11-20(8-6-16(26-3)7-9-20)21(18(15)10-17)24-14(2)19(23)25-21/h4-5,10,13,16H,6-9,11-12H2,1-3H3,(H2,23,25). The van der Waals surface area contributed by atoms with Gasteiger partial charge in [-0.25, -0.2) is 9.38 Å². The third kappa shape index (κ3) is 2.85. The quantitative estimate of drug-likeness (QED) is 0.878.